The number of halogens is 3. The van der Waals surface area contributed by atoms with Gasteiger partial charge in [-0.1, -0.05) is 0 Å². The summed E-state index contributed by atoms with van der Waals surface area (Å²) in [4.78, 5) is 0. The first-order valence-corrected chi connectivity index (χ1v) is 4.82. The van der Waals surface area contributed by atoms with Gasteiger partial charge in [-0.15, -0.1) is 0 Å². The van der Waals surface area contributed by atoms with Crippen molar-refractivity contribution >= 4 is 0 Å². The third-order valence-electron chi connectivity index (χ3n) is 4.21. The van der Waals surface area contributed by atoms with Gasteiger partial charge in [0, 0.05) is 5.92 Å². The highest BCUT2D eigenvalue weighted by Gasteiger charge is 2.74. The Morgan fingerprint density at radius 3 is 2.64 bits per heavy atom. The van der Waals surface area contributed by atoms with Gasteiger partial charge in [-0.25, -0.2) is 0 Å². The van der Waals surface area contributed by atoms with Gasteiger partial charge < -0.3 is 9.84 Å². The van der Waals surface area contributed by atoms with Crippen LogP contribution in [0.5, 0.6) is 0 Å². The largest absolute Gasteiger partial charge is 0.397 e. The Bertz CT molecular complexity index is 278. The summed E-state index contributed by atoms with van der Waals surface area (Å²) in [5.74, 6) is -0.698. The highest BCUT2D eigenvalue weighted by atomic mass is 19.4. The Balaban J connectivity index is 2.01. The zero-order valence-corrected chi connectivity index (χ0v) is 7.42. The Morgan fingerprint density at radius 2 is 2.07 bits per heavy atom. The molecule has 2 nitrogen and oxygen atoms in total. The van der Waals surface area contributed by atoms with Crippen LogP contribution in [-0.2, 0) is 4.74 Å². The molecule has 2 saturated carbocycles. The van der Waals surface area contributed by atoms with Crippen molar-refractivity contribution in [3.8, 4) is 0 Å². The van der Waals surface area contributed by atoms with E-state index in [2.05, 4.69) is 0 Å². The number of hydrogen-bond acceptors (Lipinski definition) is 2. The lowest BCUT2D eigenvalue weighted by molar-refractivity contribution is -0.233. The molecule has 5 atom stereocenters. The smallest absolute Gasteiger partial charge is 0.390 e. The third-order valence-corrected chi connectivity index (χ3v) is 4.21. The molecule has 0 aromatic rings. The second kappa shape index (κ2) is 2.27. The van der Waals surface area contributed by atoms with E-state index in [4.69, 9.17) is 4.74 Å². The van der Waals surface area contributed by atoms with Crippen LogP contribution in [0.3, 0.4) is 0 Å². The summed E-state index contributed by atoms with van der Waals surface area (Å²) in [6.45, 7) is -0.251. The summed E-state index contributed by atoms with van der Waals surface area (Å²) >= 11 is 0. The minimum atomic E-state index is -4.18. The van der Waals surface area contributed by atoms with Crippen molar-refractivity contribution in [2.24, 2.45) is 17.3 Å². The lowest BCUT2D eigenvalue weighted by Gasteiger charge is -2.34. The number of rotatable bonds is 0. The Morgan fingerprint density at radius 1 is 1.36 bits per heavy atom. The van der Waals surface area contributed by atoms with E-state index in [1.165, 1.54) is 0 Å². The van der Waals surface area contributed by atoms with Crippen LogP contribution in [0.15, 0.2) is 0 Å². The first-order chi connectivity index (χ1) is 6.46. The average Bonchev–Trinajstić information content (AvgIpc) is 2.58. The molecule has 0 radical (unpaired) electrons. The molecule has 1 N–H and O–H groups in total. The summed E-state index contributed by atoms with van der Waals surface area (Å²) in [6.07, 6.45) is -4.88. The average molecular weight is 208 g/mol. The van der Waals surface area contributed by atoms with Crippen LogP contribution in [-0.4, -0.2) is 30.1 Å². The van der Waals surface area contributed by atoms with Gasteiger partial charge in [-0.3, -0.25) is 0 Å². The van der Waals surface area contributed by atoms with Crippen molar-refractivity contribution in [3.63, 3.8) is 0 Å². The molecule has 0 amide bonds. The summed E-state index contributed by atoms with van der Waals surface area (Å²) < 4.78 is 43.7. The highest BCUT2D eigenvalue weighted by Crippen LogP contribution is 2.66. The van der Waals surface area contributed by atoms with E-state index in [1.54, 1.807) is 0 Å². The predicted octanol–water partition coefficient (Wildman–Crippen LogP) is 1.33. The van der Waals surface area contributed by atoms with Crippen molar-refractivity contribution in [1.82, 2.24) is 0 Å². The number of fused-ring (bicyclic) bond motifs is 1. The van der Waals surface area contributed by atoms with Gasteiger partial charge in [-0.05, 0) is 18.8 Å². The quantitative estimate of drug-likeness (QED) is 0.650. The molecule has 0 aromatic heterocycles. The molecular weight excluding hydrogens is 197 g/mol. The second-order valence-corrected chi connectivity index (χ2v) is 4.73. The molecule has 1 saturated heterocycles. The van der Waals surface area contributed by atoms with Gasteiger partial charge in [0.15, 0.2) is 0 Å². The fourth-order valence-electron chi connectivity index (χ4n) is 3.50. The van der Waals surface area contributed by atoms with Crippen molar-refractivity contribution in [3.05, 3.63) is 0 Å². The fourth-order valence-corrected chi connectivity index (χ4v) is 3.50. The van der Waals surface area contributed by atoms with Gasteiger partial charge in [0.25, 0.3) is 0 Å². The van der Waals surface area contributed by atoms with Gasteiger partial charge in [0.2, 0.25) is 0 Å². The summed E-state index contributed by atoms with van der Waals surface area (Å²) in [7, 11) is 0. The number of aliphatic hydroxyl groups excluding tert-OH is 1. The van der Waals surface area contributed by atoms with E-state index in [-0.39, 0.29) is 18.9 Å². The Labute approximate surface area is 79.0 Å². The van der Waals surface area contributed by atoms with Crippen molar-refractivity contribution in [2.45, 2.75) is 31.2 Å². The van der Waals surface area contributed by atoms with Crippen LogP contribution in [0.2, 0.25) is 0 Å². The van der Waals surface area contributed by atoms with E-state index >= 15 is 0 Å². The zero-order chi connectivity index (χ0) is 10.1. The van der Waals surface area contributed by atoms with Crippen LogP contribution >= 0.6 is 0 Å². The number of hydrogen-bond donors (Lipinski definition) is 1. The molecule has 3 rings (SSSR count). The maximum absolute atomic E-state index is 12.9. The Kier molecular flexibility index (Phi) is 1.45. The Hall–Kier alpha value is -0.290. The molecule has 5 unspecified atom stereocenters. The lowest BCUT2D eigenvalue weighted by atomic mass is 9.73. The maximum Gasteiger partial charge on any atom is 0.397 e. The van der Waals surface area contributed by atoms with Gasteiger partial charge in [-0.2, -0.15) is 13.2 Å². The standard InChI is InChI=1S/C9H11F3O2/c10-9(11,12)8-2-4-1-5(8)7(6(4)13)14-3-8/h4-7,13H,1-3H2. The van der Waals surface area contributed by atoms with Crippen LogP contribution in [0.4, 0.5) is 13.2 Å². The van der Waals surface area contributed by atoms with Crippen molar-refractivity contribution < 1.29 is 23.0 Å². The summed E-state index contributed by atoms with van der Waals surface area (Å²) in [5.41, 5.74) is -1.64. The van der Waals surface area contributed by atoms with E-state index in [9.17, 15) is 18.3 Å². The molecule has 1 aliphatic heterocycles. The molecule has 2 bridgehead atoms. The third kappa shape index (κ3) is 0.772. The maximum atomic E-state index is 12.9. The molecule has 1 heterocycles. The van der Waals surface area contributed by atoms with Gasteiger partial charge in [0.1, 0.15) is 0 Å². The zero-order valence-electron chi connectivity index (χ0n) is 7.42. The van der Waals surface area contributed by atoms with E-state index < -0.39 is 29.7 Å². The normalized spacial score (nSPS) is 55.7. The SMILES string of the molecule is OC1C2CC3C1OCC3(C(F)(F)F)C2. The number of ether oxygens (including phenoxy) is 1. The first kappa shape index (κ1) is 8.97. The molecule has 3 fully saturated rings. The van der Waals surface area contributed by atoms with E-state index in [0.29, 0.717) is 6.42 Å². The lowest BCUT2D eigenvalue weighted by Crippen LogP contribution is -2.46. The predicted molar refractivity (Wildman–Crippen MR) is 40.4 cm³/mol. The van der Waals surface area contributed by atoms with E-state index in [1.807, 2.05) is 0 Å². The fraction of sp³-hybridized carbons (Fsp3) is 1.00. The van der Waals surface area contributed by atoms with E-state index in [0.717, 1.165) is 0 Å². The van der Waals surface area contributed by atoms with Crippen LogP contribution in [0.1, 0.15) is 12.8 Å². The molecule has 80 valence electrons. The molecule has 5 heteroatoms. The minimum absolute atomic E-state index is 0.0544. The molecule has 3 aliphatic rings. The topological polar surface area (TPSA) is 29.5 Å². The molecular formula is C9H11F3O2. The molecule has 0 aromatic carbocycles. The molecule has 14 heavy (non-hydrogen) atoms. The van der Waals surface area contributed by atoms with Crippen molar-refractivity contribution in [2.75, 3.05) is 6.61 Å². The summed E-state index contributed by atoms with van der Waals surface area (Å²) in [5, 5.41) is 9.59. The molecule has 0 spiro atoms. The monoisotopic (exact) mass is 208 g/mol. The van der Waals surface area contributed by atoms with Crippen LogP contribution in [0, 0.1) is 17.3 Å². The number of alkyl halides is 3. The molecule has 2 aliphatic carbocycles. The van der Waals surface area contributed by atoms with Crippen molar-refractivity contribution in [1.29, 1.82) is 0 Å². The minimum Gasteiger partial charge on any atom is -0.390 e. The van der Waals surface area contributed by atoms with Crippen LogP contribution < -0.4 is 0 Å². The van der Waals surface area contributed by atoms with Gasteiger partial charge in [0.05, 0.1) is 24.2 Å². The van der Waals surface area contributed by atoms with Crippen LogP contribution in [0.25, 0.3) is 0 Å². The second-order valence-electron chi connectivity index (χ2n) is 4.73. The first-order valence-electron chi connectivity index (χ1n) is 4.82. The summed E-state index contributed by atoms with van der Waals surface area (Å²) in [6, 6.07) is 0. The van der Waals surface area contributed by atoms with Gasteiger partial charge >= 0.3 is 6.18 Å². The highest BCUT2D eigenvalue weighted by molar-refractivity contribution is 5.15. The number of aliphatic hydroxyl groups is 1.